The van der Waals surface area contributed by atoms with Crippen molar-refractivity contribution in [1.29, 1.82) is 0 Å². The maximum Gasteiger partial charge on any atom is 0.407 e. The number of amides is 1. The van der Waals surface area contributed by atoms with Crippen molar-refractivity contribution in [2.24, 2.45) is 0 Å². The molecule has 1 aliphatic rings. The van der Waals surface area contributed by atoms with Crippen LogP contribution < -0.4 is 5.32 Å². The van der Waals surface area contributed by atoms with Crippen LogP contribution in [-0.4, -0.2) is 30.0 Å². The topological polar surface area (TPSA) is 58.6 Å². The molecule has 1 rings (SSSR count). The van der Waals surface area contributed by atoms with Crippen LogP contribution in [0.15, 0.2) is 0 Å². The average molecular weight is 187 g/mol. The van der Waals surface area contributed by atoms with Crippen molar-refractivity contribution in [3.05, 3.63) is 0 Å². The van der Waals surface area contributed by atoms with Crippen LogP contribution in [0.25, 0.3) is 0 Å². The Bertz CT molecular complexity index is 172. The van der Waals surface area contributed by atoms with Crippen molar-refractivity contribution in [3.63, 3.8) is 0 Å². The van der Waals surface area contributed by atoms with E-state index in [1.165, 1.54) is 0 Å². The van der Waals surface area contributed by atoms with Crippen molar-refractivity contribution in [2.75, 3.05) is 6.61 Å². The highest BCUT2D eigenvalue weighted by atomic mass is 16.5. The SMILES string of the molecule is CCOC(=O)NC1CCCCC1O. The second-order valence-corrected chi connectivity index (χ2v) is 3.32. The summed E-state index contributed by atoms with van der Waals surface area (Å²) in [7, 11) is 0. The lowest BCUT2D eigenvalue weighted by atomic mass is 9.93. The third kappa shape index (κ3) is 3.22. The maximum absolute atomic E-state index is 11.0. The number of alkyl carbamates (subject to hydrolysis) is 1. The molecule has 1 amide bonds. The molecule has 0 aliphatic heterocycles. The molecule has 76 valence electrons. The molecular weight excluding hydrogens is 170 g/mol. The van der Waals surface area contributed by atoms with Gasteiger partial charge in [0.1, 0.15) is 0 Å². The molecule has 0 aromatic rings. The molecule has 2 N–H and O–H groups in total. The normalized spacial score (nSPS) is 28.2. The molecule has 0 aromatic carbocycles. The molecule has 0 spiro atoms. The van der Waals surface area contributed by atoms with E-state index in [0.29, 0.717) is 6.61 Å². The lowest BCUT2D eigenvalue weighted by molar-refractivity contribution is 0.0811. The Hall–Kier alpha value is -0.770. The smallest absolute Gasteiger partial charge is 0.407 e. The Labute approximate surface area is 78.3 Å². The molecule has 2 unspecified atom stereocenters. The Morgan fingerprint density at radius 1 is 1.54 bits per heavy atom. The first-order chi connectivity index (χ1) is 6.24. The number of hydrogen-bond donors (Lipinski definition) is 2. The van der Waals surface area contributed by atoms with Crippen LogP contribution >= 0.6 is 0 Å². The van der Waals surface area contributed by atoms with Gasteiger partial charge in [-0.05, 0) is 19.8 Å². The van der Waals surface area contributed by atoms with Crippen LogP contribution in [0, 0.1) is 0 Å². The zero-order chi connectivity index (χ0) is 9.68. The van der Waals surface area contributed by atoms with Crippen molar-refractivity contribution in [2.45, 2.75) is 44.8 Å². The fourth-order valence-corrected chi connectivity index (χ4v) is 1.60. The van der Waals surface area contributed by atoms with E-state index < -0.39 is 12.2 Å². The van der Waals surface area contributed by atoms with E-state index in [1.807, 2.05) is 0 Å². The zero-order valence-corrected chi connectivity index (χ0v) is 7.95. The van der Waals surface area contributed by atoms with Crippen molar-refractivity contribution in [3.8, 4) is 0 Å². The molecule has 2 atom stereocenters. The summed E-state index contributed by atoms with van der Waals surface area (Å²) in [6.45, 7) is 2.13. The van der Waals surface area contributed by atoms with Crippen molar-refractivity contribution >= 4 is 6.09 Å². The highest BCUT2D eigenvalue weighted by molar-refractivity contribution is 5.67. The first kappa shape index (κ1) is 10.3. The fraction of sp³-hybridized carbons (Fsp3) is 0.889. The van der Waals surface area contributed by atoms with E-state index in [9.17, 15) is 9.90 Å². The van der Waals surface area contributed by atoms with Crippen LogP contribution in [0.1, 0.15) is 32.6 Å². The molecule has 1 saturated carbocycles. The van der Waals surface area contributed by atoms with Crippen LogP contribution in [-0.2, 0) is 4.74 Å². The second-order valence-electron chi connectivity index (χ2n) is 3.32. The molecule has 1 aliphatic carbocycles. The number of hydrogen-bond acceptors (Lipinski definition) is 3. The number of rotatable bonds is 2. The summed E-state index contributed by atoms with van der Waals surface area (Å²) in [6, 6.07) is -0.118. The fourth-order valence-electron chi connectivity index (χ4n) is 1.60. The van der Waals surface area contributed by atoms with Gasteiger partial charge in [-0.15, -0.1) is 0 Å². The van der Waals surface area contributed by atoms with Gasteiger partial charge in [0.2, 0.25) is 0 Å². The van der Waals surface area contributed by atoms with Gasteiger partial charge in [0.15, 0.2) is 0 Å². The van der Waals surface area contributed by atoms with Crippen LogP contribution in [0.2, 0.25) is 0 Å². The average Bonchev–Trinajstić information content (AvgIpc) is 2.09. The van der Waals surface area contributed by atoms with Crippen LogP contribution in [0.3, 0.4) is 0 Å². The molecule has 0 radical (unpaired) electrons. The number of carbonyl (C=O) groups excluding carboxylic acids is 1. The third-order valence-electron chi connectivity index (χ3n) is 2.31. The molecule has 13 heavy (non-hydrogen) atoms. The predicted molar refractivity (Wildman–Crippen MR) is 48.4 cm³/mol. The first-order valence-corrected chi connectivity index (χ1v) is 4.85. The van der Waals surface area contributed by atoms with Crippen LogP contribution in [0.4, 0.5) is 4.79 Å². The number of aliphatic hydroxyl groups excluding tert-OH is 1. The molecule has 0 aromatic heterocycles. The van der Waals surface area contributed by atoms with E-state index >= 15 is 0 Å². The standard InChI is InChI=1S/C9H17NO3/c1-2-13-9(12)10-7-5-3-4-6-8(7)11/h7-8,11H,2-6H2,1H3,(H,10,12). The van der Waals surface area contributed by atoms with Crippen LogP contribution in [0.5, 0.6) is 0 Å². The van der Waals surface area contributed by atoms with Gasteiger partial charge in [0, 0.05) is 0 Å². The number of nitrogens with one attached hydrogen (secondary N) is 1. The van der Waals surface area contributed by atoms with E-state index in [4.69, 9.17) is 4.74 Å². The summed E-state index contributed by atoms with van der Waals surface area (Å²) in [4.78, 5) is 11.0. The largest absolute Gasteiger partial charge is 0.450 e. The van der Waals surface area contributed by atoms with E-state index in [-0.39, 0.29) is 6.04 Å². The number of carbonyl (C=O) groups is 1. The van der Waals surface area contributed by atoms with Gasteiger partial charge in [-0.25, -0.2) is 4.79 Å². The predicted octanol–water partition coefficient (Wildman–Crippen LogP) is 1.04. The van der Waals surface area contributed by atoms with Gasteiger partial charge in [-0.3, -0.25) is 0 Å². The van der Waals surface area contributed by atoms with Gasteiger partial charge < -0.3 is 15.2 Å². The van der Waals surface area contributed by atoms with E-state index in [0.717, 1.165) is 25.7 Å². The lowest BCUT2D eigenvalue weighted by Gasteiger charge is -2.27. The van der Waals surface area contributed by atoms with Crippen molar-refractivity contribution < 1.29 is 14.6 Å². The molecule has 4 heteroatoms. The second kappa shape index (κ2) is 5.07. The monoisotopic (exact) mass is 187 g/mol. The van der Waals surface area contributed by atoms with Crippen molar-refractivity contribution in [1.82, 2.24) is 5.32 Å². The molecule has 1 fully saturated rings. The van der Waals surface area contributed by atoms with Gasteiger partial charge in [0.25, 0.3) is 0 Å². The molecular formula is C9H17NO3. The van der Waals surface area contributed by atoms with E-state index in [2.05, 4.69) is 5.32 Å². The third-order valence-corrected chi connectivity index (χ3v) is 2.31. The highest BCUT2D eigenvalue weighted by Gasteiger charge is 2.24. The first-order valence-electron chi connectivity index (χ1n) is 4.85. The van der Waals surface area contributed by atoms with Gasteiger partial charge in [-0.2, -0.15) is 0 Å². The quantitative estimate of drug-likeness (QED) is 0.679. The summed E-state index contributed by atoms with van der Waals surface area (Å²) in [5.74, 6) is 0. The summed E-state index contributed by atoms with van der Waals surface area (Å²) < 4.78 is 4.73. The van der Waals surface area contributed by atoms with Gasteiger partial charge >= 0.3 is 6.09 Å². The zero-order valence-electron chi connectivity index (χ0n) is 7.95. The number of aliphatic hydroxyl groups is 1. The molecule has 0 bridgehead atoms. The minimum absolute atomic E-state index is 0.118. The Morgan fingerprint density at radius 2 is 2.23 bits per heavy atom. The summed E-state index contributed by atoms with van der Waals surface area (Å²) in [5, 5.41) is 12.2. The van der Waals surface area contributed by atoms with E-state index in [1.54, 1.807) is 6.92 Å². The summed E-state index contributed by atoms with van der Waals surface area (Å²) in [5.41, 5.74) is 0. The number of ether oxygens (including phenoxy) is 1. The molecule has 4 nitrogen and oxygen atoms in total. The Morgan fingerprint density at radius 3 is 2.85 bits per heavy atom. The van der Waals surface area contributed by atoms with Gasteiger partial charge in [-0.1, -0.05) is 12.8 Å². The minimum atomic E-state index is -0.423. The lowest BCUT2D eigenvalue weighted by Crippen LogP contribution is -2.45. The maximum atomic E-state index is 11.0. The highest BCUT2D eigenvalue weighted by Crippen LogP contribution is 2.18. The molecule has 0 saturated heterocycles. The minimum Gasteiger partial charge on any atom is -0.450 e. The summed E-state index contributed by atoms with van der Waals surface area (Å²) in [6.07, 6.45) is 2.90. The molecule has 0 heterocycles. The summed E-state index contributed by atoms with van der Waals surface area (Å²) >= 11 is 0. The Kier molecular flexibility index (Phi) is 4.02. The van der Waals surface area contributed by atoms with Gasteiger partial charge in [0.05, 0.1) is 18.8 Å². The Balaban J connectivity index is 2.29.